The molecular formula is C36H70O2. The van der Waals surface area contributed by atoms with Crippen molar-refractivity contribution in [3.05, 3.63) is 12.2 Å². The highest BCUT2D eigenvalue weighted by Crippen LogP contribution is 2.20. The van der Waals surface area contributed by atoms with E-state index in [0.29, 0.717) is 18.9 Å². The van der Waals surface area contributed by atoms with E-state index in [0.717, 1.165) is 12.8 Å². The van der Waals surface area contributed by atoms with Gasteiger partial charge in [0.1, 0.15) is 0 Å². The van der Waals surface area contributed by atoms with Crippen molar-refractivity contribution in [1.29, 1.82) is 0 Å². The fourth-order valence-electron chi connectivity index (χ4n) is 5.36. The monoisotopic (exact) mass is 535 g/mol. The van der Waals surface area contributed by atoms with E-state index in [2.05, 4.69) is 32.9 Å². The molecule has 0 aliphatic rings. The van der Waals surface area contributed by atoms with Crippen molar-refractivity contribution < 1.29 is 9.53 Å². The predicted octanol–water partition coefficient (Wildman–Crippen LogP) is 12.7. The van der Waals surface area contributed by atoms with E-state index in [1.807, 2.05) is 0 Å². The lowest BCUT2D eigenvalue weighted by molar-refractivity contribution is -0.145. The summed E-state index contributed by atoms with van der Waals surface area (Å²) in [7, 11) is 0. The molecule has 0 aromatic rings. The van der Waals surface area contributed by atoms with Crippen LogP contribution < -0.4 is 0 Å². The number of hydrogen-bond acceptors (Lipinski definition) is 2. The van der Waals surface area contributed by atoms with Gasteiger partial charge >= 0.3 is 5.97 Å². The van der Waals surface area contributed by atoms with E-state index in [4.69, 9.17) is 4.74 Å². The topological polar surface area (TPSA) is 26.3 Å². The minimum atomic E-state index is 0.0416. The van der Waals surface area contributed by atoms with Crippen LogP contribution in [0.2, 0.25) is 0 Å². The minimum Gasteiger partial charge on any atom is -0.465 e. The van der Waals surface area contributed by atoms with Crippen molar-refractivity contribution in [2.75, 3.05) is 6.61 Å². The van der Waals surface area contributed by atoms with Gasteiger partial charge in [-0.3, -0.25) is 4.79 Å². The molecule has 2 nitrogen and oxygen atoms in total. The van der Waals surface area contributed by atoms with Crippen LogP contribution in [-0.4, -0.2) is 12.6 Å². The fourth-order valence-corrected chi connectivity index (χ4v) is 5.36. The van der Waals surface area contributed by atoms with Gasteiger partial charge in [0.15, 0.2) is 0 Å². The Hall–Kier alpha value is -0.790. The molecule has 226 valence electrons. The molecule has 38 heavy (non-hydrogen) atoms. The Kier molecular flexibility index (Phi) is 31.7. The summed E-state index contributed by atoms with van der Waals surface area (Å²) in [5, 5.41) is 0. The maximum absolute atomic E-state index is 12.4. The molecule has 0 saturated carbocycles. The van der Waals surface area contributed by atoms with Crippen molar-refractivity contribution in [2.45, 2.75) is 201 Å². The Morgan fingerprint density at radius 3 is 1.34 bits per heavy atom. The molecule has 0 aliphatic carbocycles. The third-order valence-electron chi connectivity index (χ3n) is 8.05. The largest absolute Gasteiger partial charge is 0.465 e. The van der Waals surface area contributed by atoms with Crippen LogP contribution in [0.4, 0.5) is 0 Å². The molecule has 0 heterocycles. The third-order valence-corrected chi connectivity index (χ3v) is 8.05. The maximum Gasteiger partial charge on any atom is 0.305 e. The number of carbonyl (C=O) groups excluding carboxylic acids is 1. The van der Waals surface area contributed by atoms with Crippen molar-refractivity contribution >= 4 is 5.97 Å². The number of ether oxygens (including phenoxy) is 1. The number of unbranched alkanes of at least 4 members (excludes halogenated alkanes) is 21. The molecule has 2 heteroatoms. The van der Waals surface area contributed by atoms with Crippen LogP contribution in [-0.2, 0) is 9.53 Å². The number of hydrogen-bond donors (Lipinski definition) is 0. The maximum atomic E-state index is 12.4. The highest BCUT2D eigenvalue weighted by molar-refractivity contribution is 5.69. The SMILES string of the molecule is CCCCCC/C=C\CCCCCCCC(=O)OCC(CCCCCCCC)CCCCCCCCCC. The minimum absolute atomic E-state index is 0.0416. The Bertz CT molecular complexity index is 484. The molecule has 0 fully saturated rings. The molecule has 0 N–H and O–H groups in total. The van der Waals surface area contributed by atoms with Gasteiger partial charge in [-0.25, -0.2) is 0 Å². The first-order chi connectivity index (χ1) is 18.7. The zero-order valence-corrected chi connectivity index (χ0v) is 26.6. The Morgan fingerprint density at radius 1 is 0.500 bits per heavy atom. The summed E-state index contributed by atoms with van der Waals surface area (Å²) in [6.07, 6.45) is 40.7. The summed E-state index contributed by atoms with van der Waals surface area (Å²) in [5.41, 5.74) is 0. The number of esters is 1. The summed E-state index contributed by atoms with van der Waals surface area (Å²) in [5.74, 6) is 0.616. The molecule has 0 saturated heterocycles. The number of carbonyl (C=O) groups is 1. The van der Waals surface area contributed by atoms with Crippen LogP contribution in [0.15, 0.2) is 12.2 Å². The average Bonchev–Trinajstić information content (AvgIpc) is 2.92. The molecule has 1 atom stereocenters. The molecule has 0 aromatic heterocycles. The smallest absolute Gasteiger partial charge is 0.305 e. The lowest BCUT2D eigenvalue weighted by atomic mass is 9.94. The molecule has 0 rings (SSSR count). The Labute approximate surface area is 240 Å². The van der Waals surface area contributed by atoms with E-state index in [1.165, 1.54) is 161 Å². The van der Waals surface area contributed by atoms with Gasteiger partial charge in [0, 0.05) is 6.42 Å². The number of rotatable bonds is 31. The molecule has 0 spiro atoms. The first-order valence-electron chi connectivity index (χ1n) is 17.5. The highest BCUT2D eigenvalue weighted by atomic mass is 16.5. The van der Waals surface area contributed by atoms with Gasteiger partial charge in [-0.05, 0) is 50.9 Å². The first-order valence-corrected chi connectivity index (χ1v) is 17.5. The van der Waals surface area contributed by atoms with E-state index in [9.17, 15) is 4.79 Å². The zero-order chi connectivity index (χ0) is 27.8. The second kappa shape index (κ2) is 32.4. The van der Waals surface area contributed by atoms with Crippen molar-refractivity contribution in [1.82, 2.24) is 0 Å². The van der Waals surface area contributed by atoms with E-state index >= 15 is 0 Å². The summed E-state index contributed by atoms with van der Waals surface area (Å²) in [6, 6.07) is 0. The molecule has 0 amide bonds. The quantitative estimate of drug-likeness (QED) is 0.0502. The average molecular weight is 535 g/mol. The second-order valence-corrected chi connectivity index (χ2v) is 12.0. The highest BCUT2D eigenvalue weighted by Gasteiger charge is 2.12. The van der Waals surface area contributed by atoms with Crippen molar-refractivity contribution in [3.63, 3.8) is 0 Å². The van der Waals surface area contributed by atoms with Gasteiger partial charge in [-0.15, -0.1) is 0 Å². The Balaban J connectivity index is 3.90. The van der Waals surface area contributed by atoms with E-state index in [1.54, 1.807) is 0 Å². The van der Waals surface area contributed by atoms with Crippen molar-refractivity contribution in [2.24, 2.45) is 5.92 Å². The first kappa shape index (κ1) is 37.2. The lowest BCUT2D eigenvalue weighted by Gasteiger charge is -2.17. The van der Waals surface area contributed by atoms with Gasteiger partial charge in [0.2, 0.25) is 0 Å². The van der Waals surface area contributed by atoms with Crippen LogP contribution in [0.5, 0.6) is 0 Å². The Morgan fingerprint density at radius 2 is 0.868 bits per heavy atom. The van der Waals surface area contributed by atoms with Crippen molar-refractivity contribution in [3.8, 4) is 0 Å². The van der Waals surface area contributed by atoms with Crippen LogP contribution in [0.1, 0.15) is 201 Å². The van der Waals surface area contributed by atoms with Gasteiger partial charge < -0.3 is 4.74 Å². The summed E-state index contributed by atoms with van der Waals surface area (Å²) in [6.45, 7) is 7.50. The number of allylic oxidation sites excluding steroid dienone is 2. The normalized spacial score (nSPS) is 12.4. The predicted molar refractivity (Wildman–Crippen MR) is 170 cm³/mol. The van der Waals surface area contributed by atoms with E-state index < -0.39 is 0 Å². The van der Waals surface area contributed by atoms with Gasteiger partial charge in [-0.2, -0.15) is 0 Å². The lowest BCUT2D eigenvalue weighted by Crippen LogP contribution is -2.14. The molecule has 1 unspecified atom stereocenters. The van der Waals surface area contributed by atoms with Crippen LogP contribution in [0.3, 0.4) is 0 Å². The van der Waals surface area contributed by atoms with Gasteiger partial charge in [-0.1, -0.05) is 161 Å². The summed E-state index contributed by atoms with van der Waals surface area (Å²) >= 11 is 0. The van der Waals surface area contributed by atoms with Gasteiger partial charge in [0.25, 0.3) is 0 Å². The molecule has 0 aromatic carbocycles. The molecular weight excluding hydrogens is 464 g/mol. The summed E-state index contributed by atoms with van der Waals surface area (Å²) in [4.78, 5) is 12.4. The fraction of sp³-hybridized carbons (Fsp3) is 0.917. The molecule has 0 radical (unpaired) electrons. The third kappa shape index (κ3) is 29.8. The zero-order valence-electron chi connectivity index (χ0n) is 26.6. The molecule has 0 aliphatic heterocycles. The van der Waals surface area contributed by atoms with Crippen LogP contribution >= 0.6 is 0 Å². The summed E-state index contributed by atoms with van der Waals surface area (Å²) < 4.78 is 5.78. The standard InChI is InChI=1S/C36H70O2/c1-4-7-10-13-16-18-19-20-21-22-24-27-30-33-36(37)38-34-35(31-28-25-15-12-9-6-3)32-29-26-23-17-14-11-8-5-2/h18-19,35H,4-17,20-34H2,1-3H3/b19-18-. The molecule has 0 bridgehead atoms. The second-order valence-electron chi connectivity index (χ2n) is 12.0. The van der Waals surface area contributed by atoms with Gasteiger partial charge in [0.05, 0.1) is 6.61 Å². The van der Waals surface area contributed by atoms with E-state index in [-0.39, 0.29) is 5.97 Å². The van der Waals surface area contributed by atoms with Crippen LogP contribution in [0.25, 0.3) is 0 Å². The van der Waals surface area contributed by atoms with Crippen LogP contribution in [0, 0.1) is 5.92 Å².